The van der Waals surface area contributed by atoms with Crippen LogP contribution in [-0.4, -0.2) is 36.4 Å². The first kappa shape index (κ1) is 11.4. The van der Waals surface area contributed by atoms with Crippen LogP contribution in [0.4, 0.5) is 0 Å². The van der Waals surface area contributed by atoms with Gasteiger partial charge in [0.05, 0.1) is 13.2 Å². The van der Waals surface area contributed by atoms with Crippen LogP contribution >= 0.6 is 0 Å². The highest BCUT2D eigenvalue weighted by Gasteiger charge is 2.14. The predicted molar refractivity (Wildman–Crippen MR) is 66.2 cm³/mol. The van der Waals surface area contributed by atoms with Gasteiger partial charge in [-0.25, -0.2) is 0 Å². The van der Waals surface area contributed by atoms with Gasteiger partial charge in [-0.3, -0.25) is 0 Å². The molecule has 5 heteroatoms. The van der Waals surface area contributed by atoms with Gasteiger partial charge in [-0.15, -0.1) is 0 Å². The number of ether oxygens (including phenoxy) is 1. The van der Waals surface area contributed by atoms with E-state index in [9.17, 15) is 0 Å². The molecule has 1 aromatic heterocycles. The van der Waals surface area contributed by atoms with Gasteiger partial charge in [0.2, 0.25) is 0 Å². The summed E-state index contributed by atoms with van der Waals surface area (Å²) in [5, 5.41) is 6.98. The van der Waals surface area contributed by atoms with Gasteiger partial charge in [-0.2, -0.15) is 4.98 Å². The number of hydrogen-bond acceptors (Lipinski definition) is 5. The first-order valence-corrected chi connectivity index (χ1v) is 6.09. The molecule has 0 aliphatic carbocycles. The molecule has 0 bridgehead atoms. The van der Waals surface area contributed by atoms with E-state index in [2.05, 4.69) is 27.6 Å². The van der Waals surface area contributed by atoms with E-state index in [-0.39, 0.29) is 0 Å². The van der Waals surface area contributed by atoms with E-state index in [1.807, 2.05) is 12.1 Å². The van der Waals surface area contributed by atoms with Crippen LogP contribution in [0, 0.1) is 0 Å². The summed E-state index contributed by atoms with van der Waals surface area (Å²) < 4.78 is 10.6. The molecular formula is C13H15N3O2. The van der Waals surface area contributed by atoms with Crippen molar-refractivity contribution in [2.45, 2.75) is 5.92 Å². The smallest absolute Gasteiger partial charge is 0.257 e. The monoisotopic (exact) mass is 245 g/mol. The highest BCUT2D eigenvalue weighted by atomic mass is 16.5. The van der Waals surface area contributed by atoms with Gasteiger partial charge in [0.25, 0.3) is 5.89 Å². The average molecular weight is 245 g/mol. The third-order valence-electron chi connectivity index (χ3n) is 3.12. The molecule has 1 fully saturated rings. The summed E-state index contributed by atoms with van der Waals surface area (Å²) in [7, 11) is 0. The van der Waals surface area contributed by atoms with E-state index < -0.39 is 0 Å². The lowest BCUT2D eigenvalue weighted by atomic mass is 9.99. The molecule has 1 aliphatic heterocycles. The Morgan fingerprint density at radius 1 is 1.22 bits per heavy atom. The van der Waals surface area contributed by atoms with Crippen molar-refractivity contribution in [3.63, 3.8) is 0 Å². The van der Waals surface area contributed by atoms with Crippen LogP contribution in [0.1, 0.15) is 11.5 Å². The van der Waals surface area contributed by atoms with E-state index in [1.54, 1.807) is 0 Å². The first-order valence-electron chi connectivity index (χ1n) is 6.09. The topological polar surface area (TPSA) is 60.2 Å². The van der Waals surface area contributed by atoms with Crippen LogP contribution in [0.2, 0.25) is 0 Å². The molecule has 2 heterocycles. The fraction of sp³-hybridized carbons (Fsp3) is 0.385. The molecule has 1 aromatic carbocycles. The molecule has 3 rings (SSSR count). The molecule has 94 valence electrons. The zero-order valence-electron chi connectivity index (χ0n) is 10.0. The van der Waals surface area contributed by atoms with Gasteiger partial charge < -0.3 is 14.6 Å². The number of rotatable bonds is 2. The maximum atomic E-state index is 5.56. The number of hydrogen-bond donors (Lipinski definition) is 1. The molecule has 0 radical (unpaired) electrons. The minimum absolute atomic E-state index is 0.407. The standard InChI is InChI=1S/C13H15N3O2/c1-3-11(13-15-9-16-18-13)4-2-10(1)12-7-14-5-6-17-8-12/h1-4,9,12,14H,5-8H2. The Morgan fingerprint density at radius 3 is 2.89 bits per heavy atom. The number of benzene rings is 1. The first-order chi connectivity index (χ1) is 8.93. The molecule has 1 atom stereocenters. The second-order valence-electron chi connectivity index (χ2n) is 4.34. The molecule has 5 nitrogen and oxygen atoms in total. The lowest BCUT2D eigenvalue weighted by molar-refractivity contribution is 0.141. The molecule has 1 saturated heterocycles. The van der Waals surface area contributed by atoms with Crippen LogP contribution in [0.5, 0.6) is 0 Å². The predicted octanol–water partition coefficient (Wildman–Crippen LogP) is 1.44. The summed E-state index contributed by atoms with van der Waals surface area (Å²) in [5.74, 6) is 0.959. The Bertz CT molecular complexity index is 473. The third kappa shape index (κ3) is 2.42. The van der Waals surface area contributed by atoms with Crippen molar-refractivity contribution in [3.05, 3.63) is 36.2 Å². The van der Waals surface area contributed by atoms with Crippen LogP contribution in [-0.2, 0) is 4.74 Å². The Morgan fingerprint density at radius 2 is 2.11 bits per heavy atom. The quantitative estimate of drug-likeness (QED) is 0.867. The minimum atomic E-state index is 0.407. The van der Waals surface area contributed by atoms with Crippen LogP contribution < -0.4 is 5.32 Å². The van der Waals surface area contributed by atoms with Crippen LogP contribution in [0.3, 0.4) is 0 Å². The molecule has 1 aliphatic rings. The summed E-state index contributed by atoms with van der Waals surface area (Å²) in [4.78, 5) is 4.03. The summed E-state index contributed by atoms with van der Waals surface area (Å²) in [6.45, 7) is 3.44. The number of nitrogens with one attached hydrogen (secondary N) is 1. The Kier molecular flexibility index (Phi) is 3.34. The van der Waals surface area contributed by atoms with Gasteiger partial charge >= 0.3 is 0 Å². The normalized spacial score (nSPS) is 20.6. The van der Waals surface area contributed by atoms with Crippen molar-refractivity contribution < 1.29 is 9.26 Å². The Labute approximate surface area is 105 Å². The van der Waals surface area contributed by atoms with Crippen molar-refractivity contribution in [2.24, 2.45) is 0 Å². The molecule has 1 unspecified atom stereocenters. The molecule has 0 amide bonds. The Balaban J connectivity index is 1.78. The van der Waals surface area contributed by atoms with E-state index in [1.165, 1.54) is 11.9 Å². The number of aromatic nitrogens is 2. The van der Waals surface area contributed by atoms with E-state index in [0.29, 0.717) is 11.8 Å². The summed E-state index contributed by atoms with van der Waals surface area (Å²) in [5.41, 5.74) is 2.21. The molecule has 2 aromatic rings. The zero-order chi connectivity index (χ0) is 12.2. The average Bonchev–Trinajstić information content (AvgIpc) is 2.82. The van der Waals surface area contributed by atoms with E-state index >= 15 is 0 Å². The third-order valence-corrected chi connectivity index (χ3v) is 3.12. The lowest BCUT2D eigenvalue weighted by Gasteiger charge is -2.14. The number of nitrogens with zero attached hydrogens (tertiary/aromatic N) is 2. The minimum Gasteiger partial charge on any atom is -0.379 e. The largest absolute Gasteiger partial charge is 0.379 e. The fourth-order valence-electron chi connectivity index (χ4n) is 2.12. The summed E-state index contributed by atoms with van der Waals surface area (Å²) in [6.07, 6.45) is 1.41. The molecule has 0 spiro atoms. The molecular weight excluding hydrogens is 230 g/mol. The summed E-state index contributed by atoms with van der Waals surface area (Å²) in [6, 6.07) is 8.21. The van der Waals surface area contributed by atoms with Crippen LogP contribution in [0.15, 0.2) is 35.1 Å². The highest BCUT2D eigenvalue weighted by molar-refractivity contribution is 5.53. The molecule has 18 heavy (non-hydrogen) atoms. The SMILES string of the molecule is c1noc(-c2ccc(C3CNCCOC3)cc2)n1. The molecule has 0 saturated carbocycles. The second kappa shape index (κ2) is 5.29. The fourth-order valence-corrected chi connectivity index (χ4v) is 2.12. The maximum absolute atomic E-state index is 5.56. The van der Waals surface area contributed by atoms with Crippen molar-refractivity contribution in [1.82, 2.24) is 15.5 Å². The van der Waals surface area contributed by atoms with Gasteiger partial charge in [-0.05, 0) is 17.7 Å². The molecule has 1 N–H and O–H groups in total. The van der Waals surface area contributed by atoms with Crippen molar-refractivity contribution in [1.29, 1.82) is 0 Å². The van der Waals surface area contributed by atoms with Crippen molar-refractivity contribution >= 4 is 0 Å². The van der Waals surface area contributed by atoms with Gasteiger partial charge in [0.15, 0.2) is 6.33 Å². The Hall–Kier alpha value is -1.72. The van der Waals surface area contributed by atoms with Gasteiger partial charge in [0.1, 0.15) is 0 Å². The highest BCUT2D eigenvalue weighted by Crippen LogP contribution is 2.21. The van der Waals surface area contributed by atoms with Gasteiger partial charge in [0, 0.05) is 24.6 Å². The zero-order valence-corrected chi connectivity index (χ0v) is 10.0. The lowest BCUT2D eigenvalue weighted by Crippen LogP contribution is -2.21. The van der Waals surface area contributed by atoms with Crippen molar-refractivity contribution in [3.8, 4) is 11.5 Å². The van der Waals surface area contributed by atoms with Crippen LogP contribution in [0.25, 0.3) is 11.5 Å². The van der Waals surface area contributed by atoms with Gasteiger partial charge in [-0.1, -0.05) is 17.3 Å². The maximum Gasteiger partial charge on any atom is 0.257 e. The second-order valence-corrected chi connectivity index (χ2v) is 4.34. The van der Waals surface area contributed by atoms with E-state index in [0.717, 1.165) is 31.9 Å². The van der Waals surface area contributed by atoms with Crippen molar-refractivity contribution in [2.75, 3.05) is 26.3 Å². The van der Waals surface area contributed by atoms with E-state index in [4.69, 9.17) is 9.26 Å². The summed E-state index contributed by atoms with van der Waals surface area (Å²) >= 11 is 0.